The predicted molar refractivity (Wildman–Crippen MR) is 74.0 cm³/mol. The lowest BCUT2D eigenvalue weighted by Gasteiger charge is -2.32. The van der Waals surface area contributed by atoms with Gasteiger partial charge in [0.05, 0.1) is 23.7 Å². The van der Waals surface area contributed by atoms with Gasteiger partial charge in [-0.3, -0.25) is 4.98 Å². The van der Waals surface area contributed by atoms with Crippen LogP contribution in [0.1, 0.15) is 38.8 Å². The van der Waals surface area contributed by atoms with Crippen LogP contribution in [-0.4, -0.2) is 23.3 Å². The van der Waals surface area contributed by atoms with Crippen LogP contribution in [0.15, 0.2) is 12.4 Å². The quantitative estimate of drug-likeness (QED) is 0.758. The third-order valence-corrected chi connectivity index (χ3v) is 4.07. The van der Waals surface area contributed by atoms with E-state index in [0.29, 0.717) is 6.42 Å². The van der Waals surface area contributed by atoms with E-state index in [1.54, 1.807) is 12.4 Å². The van der Waals surface area contributed by atoms with Crippen molar-refractivity contribution in [3.63, 3.8) is 0 Å². The van der Waals surface area contributed by atoms with E-state index < -0.39 is 7.12 Å². The van der Waals surface area contributed by atoms with Crippen LogP contribution < -0.4 is 5.46 Å². The second-order valence-electron chi connectivity index (χ2n) is 5.95. The number of aryl methyl sites for hydroxylation is 1. The van der Waals surface area contributed by atoms with Gasteiger partial charge in [0.2, 0.25) is 0 Å². The summed E-state index contributed by atoms with van der Waals surface area (Å²) in [6.07, 6.45) is 3.84. The van der Waals surface area contributed by atoms with Crippen LogP contribution in [0.2, 0.25) is 0 Å². The van der Waals surface area contributed by atoms with E-state index >= 15 is 0 Å². The summed E-state index contributed by atoms with van der Waals surface area (Å²) in [6.45, 7) is 10.0. The van der Waals surface area contributed by atoms with Gasteiger partial charge >= 0.3 is 7.12 Å². The molecular formula is C14H19BN2O2. The Balaban J connectivity index is 2.40. The normalized spacial score (nSPS) is 20.3. The first-order valence-electron chi connectivity index (χ1n) is 6.44. The Bertz CT molecular complexity index is 519. The van der Waals surface area contributed by atoms with Crippen molar-refractivity contribution in [1.29, 1.82) is 5.26 Å². The van der Waals surface area contributed by atoms with Crippen molar-refractivity contribution in [2.75, 3.05) is 0 Å². The number of nitrogens with zero attached hydrogens (tertiary/aromatic N) is 2. The SMILES string of the molecule is Cc1cncc(B2OC(C)(C)C(C)(C)O2)c1CC#N. The van der Waals surface area contributed by atoms with E-state index in [2.05, 4.69) is 11.1 Å². The highest BCUT2D eigenvalue weighted by Gasteiger charge is 2.52. The van der Waals surface area contributed by atoms with Gasteiger partial charge < -0.3 is 9.31 Å². The minimum Gasteiger partial charge on any atom is -0.399 e. The molecule has 0 aliphatic carbocycles. The molecule has 0 radical (unpaired) electrons. The molecule has 19 heavy (non-hydrogen) atoms. The van der Waals surface area contributed by atoms with Gasteiger partial charge in [0.1, 0.15) is 0 Å². The van der Waals surface area contributed by atoms with E-state index in [-0.39, 0.29) is 11.2 Å². The van der Waals surface area contributed by atoms with Crippen molar-refractivity contribution < 1.29 is 9.31 Å². The summed E-state index contributed by atoms with van der Waals surface area (Å²) in [5.74, 6) is 0. The van der Waals surface area contributed by atoms with E-state index in [1.165, 1.54) is 0 Å². The molecule has 0 spiro atoms. The summed E-state index contributed by atoms with van der Waals surface area (Å²) in [4.78, 5) is 4.20. The zero-order valence-electron chi connectivity index (χ0n) is 12.2. The lowest BCUT2D eigenvalue weighted by molar-refractivity contribution is 0.00578. The van der Waals surface area contributed by atoms with Crippen molar-refractivity contribution in [3.05, 3.63) is 23.5 Å². The Kier molecular flexibility index (Phi) is 3.42. The zero-order chi connectivity index (χ0) is 14.3. The molecule has 2 rings (SSSR count). The fourth-order valence-electron chi connectivity index (χ4n) is 2.11. The Labute approximate surface area is 114 Å². The highest BCUT2D eigenvalue weighted by Crippen LogP contribution is 2.36. The zero-order valence-corrected chi connectivity index (χ0v) is 12.2. The smallest absolute Gasteiger partial charge is 0.399 e. The predicted octanol–water partition coefficient (Wildman–Crippen LogP) is 1.76. The molecule has 1 aromatic heterocycles. The van der Waals surface area contributed by atoms with Gasteiger partial charge in [-0.15, -0.1) is 0 Å². The maximum Gasteiger partial charge on any atom is 0.496 e. The topological polar surface area (TPSA) is 55.1 Å². The van der Waals surface area contributed by atoms with E-state index in [9.17, 15) is 0 Å². The molecule has 0 amide bonds. The van der Waals surface area contributed by atoms with Crippen molar-refractivity contribution in [1.82, 2.24) is 4.98 Å². The van der Waals surface area contributed by atoms with Crippen LogP contribution in [0.4, 0.5) is 0 Å². The monoisotopic (exact) mass is 258 g/mol. The van der Waals surface area contributed by atoms with E-state index in [1.807, 2.05) is 34.6 Å². The average Bonchev–Trinajstić information content (AvgIpc) is 2.51. The van der Waals surface area contributed by atoms with Crippen molar-refractivity contribution in [3.8, 4) is 6.07 Å². The maximum atomic E-state index is 8.96. The van der Waals surface area contributed by atoms with Gasteiger partial charge in [-0.25, -0.2) is 0 Å². The van der Waals surface area contributed by atoms with Crippen LogP contribution >= 0.6 is 0 Å². The third-order valence-electron chi connectivity index (χ3n) is 4.07. The standard InChI is InChI=1S/C14H19BN2O2/c1-10-8-17-9-12(11(10)6-7-16)15-18-13(2,3)14(4,5)19-15/h8-9H,6H2,1-5H3. The number of hydrogen-bond acceptors (Lipinski definition) is 4. The van der Waals surface area contributed by atoms with Gasteiger partial charge in [0, 0.05) is 17.9 Å². The second-order valence-corrected chi connectivity index (χ2v) is 5.95. The minimum atomic E-state index is -0.458. The largest absolute Gasteiger partial charge is 0.496 e. The molecule has 0 saturated carbocycles. The van der Waals surface area contributed by atoms with Crippen LogP contribution in [0, 0.1) is 18.3 Å². The first-order chi connectivity index (χ1) is 8.78. The van der Waals surface area contributed by atoms with Crippen molar-refractivity contribution in [2.24, 2.45) is 0 Å². The Morgan fingerprint density at radius 2 is 1.79 bits per heavy atom. The molecule has 5 heteroatoms. The fraction of sp³-hybridized carbons (Fsp3) is 0.571. The summed E-state index contributed by atoms with van der Waals surface area (Å²) in [5.41, 5.74) is 2.04. The molecule has 1 aliphatic heterocycles. The van der Waals surface area contributed by atoms with Crippen LogP contribution in [0.3, 0.4) is 0 Å². The van der Waals surface area contributed by atoms with Gasteiger partial charge in [0.25, 0.3) is 0 Å². The molecule has 2 heterocycles. The Morgan fingerprint density at radius 3 is 2.32 bits per heavy atom. The number of hydrogen-bond donors (Lipinski definition) is 0. The molecular weight excluding hydrogens is 239 g/mol. The number of aromatic nitrogens is 1. The molecule has 0 N–H and O–H groups in total. The lowest BCUT2D eigenvalue weighted by atomic mass is 9.75. The minimum absolute atomic E-state index is 0.341. The highest BCUT2D eigenvalue weighted by molar-refractivity contribution is 6.62. The summed E-state index contributed by atoms with van der Waals surface area (Å²) in [5, 5.41) is 8.96. The molecule has 1 aromatic rings. The number of rotatable bonds is 2. The highest BCUT2D eigenvalue weighted by atomic mass is 16.7. The molecule has 0 atom stereocenters. The lowest BCUT2D eigenvalue weighted by Crippen LogP contribution is -2.41. The van der Waals surface area contributed by atoms with Gasteiger partial charge in [-0.05, 0) is 45.7 Å². The molecule has 1 aliphatic rings. The molecule has 0 aromatic carbocycles. The van der Waals surface area contributed by atoms with Crippen molar-refractivity contribution >= 4 is 12.6 Å². The van der Waals surface area contributed by atoms with Gasteiger partial charge in [0.15, 0.2) is 0 Å². The average molecular weight is 258 g/mol. The second kappa shape index (κ2) is 4.62. The van der Waals surface area contributed by atoms with E-state index in [4.69, 9.17) is 14.6 Å². The third kappa shape index (κ3) is 2.38. The van der Waals surface area contributed by atoms with Crippen LogP contribution in [0.25, 0.3) is 0 Å². The summed E-state index contributed by atoms with van der Waals surface area (Å²) < 4.78 is 12.0. The van der Waals surface area contributed by atoms with Gasteiger partial charge in [-0.1, -0.05) is 0 Å². The summed E-state index contributed by atoms with van der Waals surface area (Å²) in [7, 11) is -0.458. The molecule has 1 saturated heterocycles. The van der Waals surface area contributed by atoms with E-state index in [0.717, 1.165) is 16.6 Å². The first-order valence-corrected chi connectivity index (χ1v) is 6.44. The molecule has 4 nitrogen and oxygen atoms in total. The first kappa shape index (κ1) is 14.0. The molecule has 1 fully saturated rings. The fourth-order valence-corrected chi connectivity index (χ4v) is 2.11. The molecule has 0 bridgehead atoms. The van der Waals surface area contributed by atoms with Crippen LogP contribution in [-0.2, 0) is 15.7 Å². The molecule has 100 valence electrons. The number of nitriles is 1. The summed E-state index contributed by atoms with van der Waals surface area (Å²) in [6, 6.07) is 2.19. The Morgan fingerprint density at radius 1 is 1.21 bits per heavy atom. The van der Waals surface area contributed by atoms with Crippen molar-refractivity contribution in [2.45, 2.75) is 52.2 Å². The molecule has 0 unspecified atom stereocenters. The maximum absolute atomic E-state index is 8.96. The van der Waals surface area contributed by atoms with Gasteiger partial charge in [-0.2, -0.15) is 5.26 Å². The number of pyridine rings is 1. The summed E-state index contributed by atoms with van der Waals surface area (Å²) >= 11 is 0. The van der Waals surface area contributed by atoms with Crippen LogP contribution in [0.5, 0.6) is 0 Å². The Hall–Kier alpha value is -1.38.